The lowest BCUT2D eigenvalue weighted by Gasteiger charge is -2.51. The number of aldehydes is 1. The number of carbonyl (C=O) groups excluding carboxylic acids is 3. The van der Waals surface area contributed by atoms with E-state index in [-0.39, 0.29) is 6.29 Å². The fourth-order valence-electron chi connectivity index (χ4n) is 16.0. The van der Waals surface area contributed by atoms with Crippen molar-refractivity contribution in [2.75, 3.05) is 72.7 Å². The summed E-state index contributed by atoms with van der Waals surface area (Å²) in [5, 5.41) is 372. The van der Waals surface area contributed by atoms with Gasteiger partial charge in [0.25, 0.3) is 0 Å². The molecular formula is C70H118N2O56. The predicted octanol–water partition coefficient (Wildman–Crippen LogP) is -24.8. The number of hydrogen-bond acceptors (Lipinski definition) is 56. The summed E-state index contributed by atoms with van der Waals surface area (Å²) < 4.78 is 118. The Morgan fingerprint density at radius 3 is 0.898 bits per heavy atom. The third kappa shape index (κ3) is 23.3. The highest BCUT2D eigenvalue weighted by Crippen LogP contribution is 2.41. The summed E-state index contributed by atoms with van der Waals surface area (Å²) in [6.45, 7) is -11.4. The van der Waals surface area contributed by atoms with Crippen molar-refractivity contribution < 1.29 is 278 Å². The number of ether oxygens (including phenoxy) is 20. The molecule has 0 spiro atoms. The summed E-state index contributed by atoms with van der Waals surface area (Å²) in [5.41, 5.74) is 0. The highest BCUT2D eigenvalue weighted by molar-refractivity contribution is 5.77. The van der Waals surface area contributed by atoms with Gasteiger partial charge in [-0.25, -0.2) is 0 Å². The number of aliphatic hydroxyl groups excluding tert-OH is 33. The lowest BCUT2D eigenvalue weighted by atomic mass is 9.94. The molecule has 10 aliphatic heterocycles. The molecule has 0 bridgehead atoms. The van der Waals surface area contributed by atoms with Gasteiger partial charge >= 0.3 is 0 Å². The molecule has 0 aromatic carbocycles. The van der Waals surface area contributed by atoms with Gasteiger partial charge in [-0.1, -0.05) is 0 Å². The van der Waals surface area contributed by atoms with Crippen LogP contribution >= 0.6 is 0 Å². The van der Waals surface area contributed by atoms with Gasteiger partial charge < -0.3 is 279 Å². The highest BCUT2D eigenvalue weighted by Gasteiger charge is 2.62. The van der Waals surface area contributed by atoms with Crippen molar-refractivity contribution in [1.29, 1.82) is 0 Å². The molecule has 10 saturated heterocycles. The minimum atomic E-state index is -2.73. The Labute approximate surface area is 722 Å². The molecule has 10 heterocycles. The third-order valence-electron chi connectivity index (χ3n) is 23.3. The number of aliphatic hydroxyl groups is 33. The first-order chi connectivity index (χ1) is 60.6. The van der Waals surface area contributed by atoms with Gasteiger partial charge in [-0.05, 0) is 0 Å². The van der Waals surface area contributed by atoms with Crippen LogP contribution in [-0.4, -0.2) is 591 Å². The maximum atomic E-state index is 13.1. The zero-order chi connectivity index (χ0) is 94.4. The van der Waals surface area contributed by atoms with Gasteiger partial charge in [0.15, 0.2) is 62.9 Å². The fraction of sp³-hybridized carbons (Fsp3) is 0.957. The Balaban J connectivity index is 1.04. The van der Waals surface area contributed by atoms with Crippen LogP contribution in [0.4, 0.5) is 0 Å². The normalized spacial score (nSPS) is 49.1. The Morgan fingerprint density at radius 1 is 0.289 bits per heavy atom. The number of carbonyl (C=O) groups is 3. The summed E-state index contributed by atoms with van der Waals surface area (Å²) >= 11 is 0. The topological polar surface area (TPSA) is 927 Å². The van der Waals surface area contributed by atoms with Crippen LogP contribution in [0.25, 0.3) is 0 Å². The van der Waals surface area contributed by atoms with Crippen molar-refractivity contribution >= 4 is 18.1 Å². The second-order valence-corrected chi connectivity index (χ2v) is 32.0. The van der Waals surface area contributed by atoms with E-state index in [1.54, 1.807) is 0 Å². The molecule has 0 saturated carbocycles. The van der Waals surface area contributed by atoms with E-state index in [2.05, 4.69) is 10.6 Å². The van der Waals surface area contributed by atoms with E-state index in [1.165, 1.54) is 0 Å². The quantitative estimate of drug-likeness (QED) is 0.0257. The number of nitrogens with one attached hydrogen (secondary N) is 2. The van der Waals surface area contributed by atoms with E-state index in [0.717, 1.165) is 13.8 Å². The summed E-state index contributed by atoms with van der Waals surface area (Å²) in [6.07, 6.45) is -117. The van der Waals surface area contributed by atoms with Crippen LogP contribution in [0.3, 0.4) is 0 Å². The molecule has 2 amide bonds. The first kappa shape index (κ1) is 107. The van der Waals surface area contributed by atoms with Crippen molar-refractivity contribution in [2.45, 2.75) is 345 Å². The molecule has 0 unspecified atom stereocenters. The molecule has 744 valence electrons. The minimum Gasteiger partial charge on any atom is -0.394 e. The SMILES string of the molecule is CC(=O)N[C@H]1[C@H](O[C@@H]([C@H](O)[C@H](C=O)NC(C)=O)[C@H](O)CO)O[C@H](CO)[C@@H](O[C@@H]2O[C@H](CO[C@H]3O[C@H](CO[C@H]4O[C@H](CO)[C@@H](O)[C@H](O)[C@@H]4O[C@H]4O[C@H](CO)[C@@H](O)[C@H](O)[C@@H]4O)[C@@H](O)[C@H](O[C@H]4O[C@H](CO)[C@@H](O)[C@H](O)[C@@H]4O[C@H]4O[C@H](CO)[C@@H](O)[C@H](O)[C@@H]4O)[C@@H]3O)[C@@H](O)[C@H](O[C@H]3O[C@H](CO)[C@@H](O)[C@H](O)[C@@H]3O[C@H]3O[C@H](CO)[C@@H](O)[C@H](O)[C@@H]3O[C@H]3O[C@H](CO)[C@@H](O)[C@H](O)[C@@H]3O)[C@@H]2O)[C@@H]1O. The van der Waals surface area contributed by atoms with Crippen molar-refractivity contribution in [3.05, 3.63) is 0 Å². The van der Waals surface area contributed by atoms with Crippen LogP contribution in [0, 0.1) is 0 Å². The summed E-state index contributed by atoms with van der Waals surface area (Å²) in [4.78, 5) is 37.4. The van der Waals surface area contributed by atoms with Crippen molar-refractivity contribution in [3.63, 3.8) is 0 Å². The van der Waals surface area contributed by atoms with Gasteiger partial charge in [0.1, 0.15) is 275 Å². The molecule has 0 aromatic rings. The molecular weight excluding hydrogens is 1760 g/mol. The summed E-state index contributed by atoms with van der Waals surface area (Å²) in [7, 11) is 0. The molecule has 128 heavy (non-hydrogen) atoms. The standard InChI is InChI=1S/C70H118N2O56/c1-15(83)71-17(3-73)30(86)53(18(85)4-74)121-61-29(72-16(2)84)40(96)54(26(12-82)118-61)122-66-52(108)56(124-69-60(47(103)37(93)24(10-80)116-69)128-70-59(46(102)36(92)25(11-81)117-70)127-65-50(106)43(99)33(89)21(7-77)113-65)39(95)28(120-66)13-109-62-51(107)55(123-68-58(45(101)35(91)23(9-79)115-68)126-64-49(105)42(98)32(88)20(6-76)112-64)38(94)27(119-62)14-110-67-57(44(100)34(90)22(8-78)114-67)125-63-48(104)41(97)31(87)19(5-75)111-63/h3,17-70,74-82,85-108H,4-14H2,1-2H3,(H,71,83)(H,72,84)/t17-,18+,19+,20+,21+,22+,23+,24+,25+,26+,27+,28+,29+,30+,31+,32+,33+,34+,35+,36+,37+,38+,39+,40+,41-,42-,43-,44-,45-,46-,47-,48-,49-,50-,51-,52-,53+,54+,55-,56-,57-,58-,59-,60-,61-,62-,63+,64+,65+,66-,67-,68+,69+,70+/m0/s1. The van der Waals surface area contributed by atoms with Gasteiger partial charge in [0.05, 0.1) is 72.7 Å². The van der Waals surface area contributed by atoms with Crippen LogP contribution in [0.2, 0.25) is 0 Å². The smallest absolute Gasteiger partial charge is 0.217 e. The Hall–Kier alpha value is -3.51. The van der Waals surface area contributed by atoms with Crippen molar-refractivity contribution in [1.82, 2.24) is 10.6 Å². The molecule has 10 rings (SSSR count). The molecule has 0 aromatic heterocycles. The largest absolute Gasteiger partial charge is 0.394 e. The zero-order valence-corrected chi connectivity index (χ0v) is 67.7. The van der Waals surface area contributed by atoms with E-state index in [9.17, 15) is 183 Å². The van der Waals surface area contributed by atoms with Gasteiger partial charge in [-0.3, -0.25) is 9.59 Å². The number of rotatable bonds is 37. The summed E-state index contributed by atoms with van der Waals surface area (Å²) in [5.74, 6) is -1.98. The Morgan fingerprint density at radius 2 is 0.562 bits per heavy atom. The molecule has 10 aliphatic rings. The predicted molar refractivity (Wildman–Crippen MR) is 387 cm³/mol. The van der Waals surface area contributed by atoms with Gasteiger partial charge in [-0.15, -0.1) is 0 Å². The Kier molecular flexibility index (Phi) is 39.1. The van der Waals surface area contributed by atoms with Gasteiger partial charge in [0.2, 0.25) is 11.8 Å². The third-order valence-corrected chi connectivity index (χ3v) is 23.3. The number of amides is 2. The molecule has 58 nitrogen and oxygen atoms in total. The average molecular weight is 1880 g/mol. The molecule has 54 atom stereocenters. The van der Waals surface area contributed by atoms with Crippen LogP contribution in [0.15, 0.2) is 0 Å². The fourth-order valence-corrected chi connectivity index (χ4v) is 16.0. The summed E-state index contributed by atoms with van der Waals surface area (Å²) in [6, 6.07) is -4.03. The molecule has 58 heteroatoms. The molecule has 10 fully saturated rings. The first-order valence-electron chi connectivity index (χ1n) is 40.5. The van der Waals surface area contributed by atoms with Crippen molar-refractivity contribution in [2.24, 2.45) is 0 Å². The van der Waals surface area contributed by atoms with Crippen molar-refractivity contribution in [3.8, 4) is 0 Å². The van der Waals surface area contributed by atoms with Crippen LogP contribution in [-0.2, 0) is 109 Å². The highest BCUT2D eigenvalue weighted by atomic mass is 16.8. The second kappa shape index (κ2) is 47.0. The van der Waals surface area contributed by atoms with E-state index in [0.29, 0.717) is 0 Å². The monoisotopic (exact) mass is 1880 g/mol. The molecule has 0 radical (unpaired) electrons. The first-order valence-corrected chi connectivity index (χ1v) is 40.5. The second-order valence-electron chi connectivity index (χ2n) is 32.0. The van der Waals surface area contributed by atoms with E-state index < -0.39 is 416 Å². The average Bonchev–Trinajstić information content (AvgIpc) is 0.768. The maximum Gasteiger partial charge on any atom is 0.217 e. The molecule has 35 N–H and O–H groups in total. The maximum absolute atomic E-state index is 13.1. The van der Waals surface area contributed by atoms with E-state index in [4.69, 9.17) is 94.7 Å². The van der Waals surface area contributed by atoms with E-state index in [1.807, 2.05) is 0 Å². The lowest BCUT2D eigenvalue weighted by Crippen LogP contribution is -2.70. The van der Waals surface area contributed by atoms with Gasteiger partial charge in [-0.2, -0.15) is 0 Å². The van der Waals surface area contributed by atoms with Gasteiger partial charge in [0, 0.05) is 13.8 Å². The van der Waals surface area contributed by atoms with Crippen LogP contribution in [0.5, 0.6) is 0 Å². The minimum absolute atomic E-state index is 0.00547. The zero-order valence-electron chi connectivity index (χ0n) is 67.7. The molecule has 0 aliphatic carbocycles. The lowest BCUT2D eigenvalue weighted by molar-refractivity contribution is -0.408. The van der Waals surface area contributed by atoms with E-state index >= 15 is 0 Å². The van der Waals surface area contributed by atoms with Crippen LogP contribution in [0.1, 0.15) is 13.8 Å². The van der Waals surface area contributed by atoms with Crippen LogP contribution < -0.4 is 10.6 Å². The number of hydrogen-bond donors (Lipinski definition) is 35. The Bertz CT molecular complexity index is 3360.